The third-order valence-corrected chi connectivity index (χ3v) is 7.33. The average molecular weight is 508 g/mol. The number of aliphatic hydroxyl groups is 1. The Bertz CT molecular complexity index is 1150. The molecule has 37 heavy (non-hydrogen) atoms. The largest absolute Gasteiger partial charge is 0.478 e. The van der Waals surface area contributed by atoms with E-state index in [0.29, 0.717) is 31.1 Å². The van der Waals surface area contributed by atoms with Crippen LogP contribution in [0.1, 0.15) is 71.4 Å². The fourth-order valence-corrected chi connectivity index (χ4v) is 5.03. The molecule has 1 amide bonds. The van der Waals surface area contributed by atoms with Crippen molar-refractivity contribution >= 4 is 17.4 Å². The number of likely N-dealkylation sites (N-methyl/N-ethyl adjacent to an activating group) is 1. The lowest BCUT2D eigenvalue weighted by Gasteiger charge is -2.37. The minimum atomic E-state index is -0.943. The average Bonchev–Trinajstić information content (AvgIpc) is 2.90. The Morgan fingerprint density at radius 2 is 2.03 bits per heavy atom. The van der Waals surface area contributed by atoms with Crippen molar-refractivity contribution in [1.29, 1.82) is 0 Å². The number of aromatic carboxylic acids is 1. The van der Waals surface area contributed by atoms with E-state index in [9.17, 15) is 14.7 Å². The van der Waals surface area contributed by atoms with Gasteiger partial charge in [-0.1, -0.05) is 25.1 Å². The summed E-state index contributed by atoms with van der Waals surface area (Å²) in [6, 6.07) is 8.44. The molecule has 1 aliphatic carbocycles. The number of carboxylic acids is 1. The van der Waals surface area contributed by atoms with Crippen LogP contribution in [0.3, 0.4) is 0 Å². The maximum absolute atomic E-state index is 13.6. The van der Waals surface area contributed by atoms with Crippen LogP contribution in [0.4, 0.5) is 0 Å². The number of pyridine rings is 1. The highest BCUT2D eigenvalue weighted by molar-refractivity contribution is 5.97. The molecule has 1 aromatic heterocycles. The second kappa shape index (κ2) is 11.9. The number of aliphatic hydroxyl groups excluding tert-OH is 1. The number of carbonyl (C=O) groups excluding carboxylic acids is 1. The van der Waals surface area contributed by atoms with Crippen LogP contribution in [0, 0.1) is 5.92 Å². The summed E-state index contributed by atoms with van der Waals surface area (Å²) in [5.41, 5.74) is 3.88. The van der Waals surface area contributed by atoms with Crippen molar-refractivity contribution in [2.75, 3.05) is 26.7 Å². The zero-order valence-corrected chi connectivity index (χ0v) is 21.9. The van der Waals surface area contributed by atoms with Crippen molar-refractivity contribution < 1.29 is 24.5 Å². The van der Waals surface area contributed by atoms with Gasteiger partial charge in [0.15, 0.2) is 0 Å². The number of allylic oxidation sites excluding steroid dienone is 2. The summed E-state index contributed by atoms with van der Waals surface area (Å²) in [7, 11) is 1.99. The second-order valence-corrected chi connectivity index (χ2v) is 10.4. The first-order valence-electron chi connectivity index (χ1n) is 13.1. The molecule has 198 valence electrons. The molecule has 2 N–H and O–H groups in total. The number of ether oxygens (including phenoxy) is 1. The van der Waals surface area contributed by atoms with Gasteiger partial charge in [-0.15, -0.1) is 0 Å². The van der Waals surface area contributed by atoms with Gasteiger partial charge in [-0.05, 0) is 74.6 Å². The van der Waals surface area contributed by atoms with E-state index in [1.54, 1.807) is 23.2 Å². The quantitative estimate of drug-likeness (QED) is 0.555. The van der Waals surface area contributed by atoms with E-state index >= 15 is 0 Å². The van der Waals surface area contributed by atoms with E-state index in [0.717, 1.165) is 30.4 Å². The molecule has 2 aliphatic rings. The molecule has 8 nitrogen and oxygen atoms in total. The molecule has 0 radical (unpaired) electrons. The maximum atomic E-state index is 13.6. The minimum Gasteiger partial charge on any atom is -0.478 e. The fraction of sp³-hybridized carbons (Fsp3) is 0.483. The van der Waals surface area contributed by atoms with Crippen molar-refractivity contribution in [1.82, 2.24) is 14.8 Å². The molecule has 1 aromatic carbocycles. The Morgan fingerprint density at radius 3 is 2.68 bits per heavy atom. The Labute approximate surface area is 218 Å². The summed E-state index contributed by atoms with van der Waals surface area (Å²) >= 11 is 0. The summed E-state index contributed by atoms with van der Waals surface area (Å²) in [4.78, 5) is 33.3. The molecule has 0 saturated carbocycles. The van der Waals surface area contributed by atoms with Crippen LogP contribution < -0.4 is 4.74 Å². The monoisotopic (exact) mass is 507 g/mol. The number of amides is 1. The van der Waals surface area contributed by atoms with Gasteiger partial charge in [0, 0.05) is 31.7 Å². The number of carboxylic acid groups (broad SMARTS) is 1. The Kier molecular flexibility index (Phi) is 8.61. The molecule has 2 heterocycles. The molecule has 1 aliphatic heterocycles. The Morgan fingerprint density at radius 1 is 1.27 bits per heavy atom. The minimum absolute atomic E-state index is 0.00883. The lowest BCUT2D eigenvalue weighted by Crippen LogP contribution is -2.49. The molecular formula is C29H37N3O5. The van der Waals surface area contributed by atoms with Crippen molar-refractivity contribution in [3.05, 3.63) is 64.9 Å². The lowest BCUT2D eigenvalue weighted by atomic mass is 9.93. The van der Waals surface area contributed by atoms with Crippen LogP contribution in [0.25, 0.3) is 5.57 Å². The van der Waals surface area contributed by atoms with Crippen molar-refractivity contribution in [2.24, 2.45) is 5.92 Å². The second-order valence-electron chi connectivity index (χ2n) is 10.4. The number of aromatic nitrogens is 1. The van der Waals surface area contributed by atoms with Gasteiger partial charge in [0.2, 0.25) is 5.88 Å². The molecule has 0 unspecified atom stereocenters. The first kappa shape index (κ1) is 26.8. The Balaban J connectivity index is 1.59. The highest BCUT2D eigenvalue weighted by Gasteiger charge is 2.34. The van der Waals surface area contributed by atoms with Crippen molar-refractivity contribution in [2.45, 2.75) is 58.2 Å². The number of rotatable bonds is 8. The van der Waals surface area contributed by atoms with Gasteiger partial charge in [-0.25, -0.2) is 9.78 Å². The fourth-order valence-electron chi connectivity index (χ4n) is 5.03. The number of hydrogen-bond acceptors (Lipinski definition) is 6. The molecule has 0 saturated heterocycles. The molecule has 2 aromatic rings. The van der Waals surface area contributed by atoms with E-state index in [2.05, 4.69) is 22.9 Å². The summed E-state index contributed by atoms with van der Waals surface area (Å²) in [6.07, 6.45) is 8.13. The van der Waals surface area contributed by atoms with Gasteiger partial charge in [-0.3, -0.25) is 9.69 Å². The van der Waals surface area contributed by atoms with Gasteiger partial charge in [-0.2, -0.15) is 0 Å². The number of hydrogen-bond donors (Lipinski definition) is 2. The predicted octanol–water partition coefficient (Wildman–Crippen LogP) is 4.09. The van der Waals surface area contributed by atoms with Crippen molar-refractivity contribution in [3.8, 4) is 5.88 Å². The SMILES string of the molecule is C[C@@H]1CN([C@H](C)CO)C(=O)c2cc(C3=CCCCC3)cnc2O[C@H]1CN(C)Cc1ccc(C(=O)O)cc1. The van der Waals surface area contributed by atoms with E-state index in [4.69, 9.17) is 9.84 Å². The predicted molar refractivity (Wildman–Crippen MR) is 142 cm³/mol. The topological polar surface area (TPSA) is 103 Å². The van der Waals surface area contributed by atoms with E-state index in [-0.39, 0.29) is 36.1 Å². The van der Waals surface area contributed by atoms with Gasteiger partial charge < -0.3 is 19.8 Å². The van der Waals surface area contributed by atoms with E-state index in [1.807, 2.05) is 32.2 Å². The lowest BCUT2D eigenvalue weighted by molar-refractivity contribution is 0.0325. The van der Waals surface area contributed by atoms with Crippen LogP contribution in [-0.4, -0.2) is 75.8 Å². The zero-order chi connectivity index (χ0) is 26.5. The summed E-state index contributed by atoms with van der Waals surface area (Å²) in [5, 5.41) is 19.0. The normalized spacial score (nSPS) is 20.9. The van der Waals surface area contributed by atoms with Crippen LogP contribution in [0.2, 0.25) is 0 Å². The number of nitrogens with zero attached hydrogens (tertiary/aromatic N) is 3. The highest BCUT2D eigenvalue weighted by atomic mass is 16.5. The number of benzene rings is 1. The van der Waals surface area contributed by atoms with E-state index in [1.165, 1.54) is 12.0 Å². The number of carbonyl (C=O) groups is 2. The first-order chi connectivity index (χ1) is 17.8. The standard InChI is InChI=1S/C29H37N3O5/c1-19-15-32(20(2)18-33)28(34)25-13-24(22-7-5-4-6-8-22)14-30-27(25)37-26(19)17-31(3)16-21-9-11-23(12-10-21)29(35)36/h7,9-14,19-20,26,33H,4-6,8,15-18H2,1-3H3,(H,35,36)/t19-,20-,26+/m1/s1. The third-order valence-electron chi connectivity index (χ3n) is 7.33. The van der Waals surface area contributed by atoms with Crippen LogP contribution in [0.5, 0.6) is 5.88 Å². The first-order valence-corrected chi connectivity index (χ1v) is 13.1. The molecule has 3 atom stereocenters. The summed E-state index contributed by atoms with van der Waals surface area (Å²) in [5.74, 6) is -0.789. The van der Waals surface area contributed by atoms with Crippen LogP contribution in [-0.2, 0) is 6.54 Å². The third kappa shape index (κ3) is 6.37. The molecule has 0 fully saturated rings. The summed E-state index contributed by atoms with van der Waals surface area (Å²) < 4.78 is 6.42. The van der Waals surface area contributed by atoms with Gasteiger partial charge in [0.25, 0.3) is 5.91 Å². The maximum Gasteiger partial charge on any atom is 0.335 e. The molecule has 0 bridgehead atoms. The van der Waals surface area contributed by atoms with Gasteiger partial charge in [0.05, 0.1) is 18.2 Å². The van der Waals surface area contributed by atoms with Gasteiger partial charge in [0.1, 0.15) is 11.7 Å². The zero-order valence-electron chi connectivity index (χ0n) is 21.9. The Hall–Kier alpha value is -3.23. The highest BCUT2D eigenvalue weighted by Crippen LogP contribution is 2.32. The molecular weight excluding hydrogens is 470 g/mol. The molecule has 8 heteroatoms. The number of fused-ring (bicyclic) bond motifs is 1. The van der Waals surface area contributed by atoms with Crippen LogP contribution in [0.15, 0.2) is 42.6 Å². The van der Waals surface area contributed by atoms with Crippen LogP contribution >= 0.6 is 0 Å². The summed E-state index contributed by atoms with van der Waals surface area (Å²) in [6.45, 7) is 5.45. The smallest absolute Gasteiger partial charge is 0.335 e. The van der Waals surface area contributed by atoms with E-state index < -0.39 is 5.97 Å². The van der Waals surface area contributed by atoms with Gasteiger partial charge >= 0.3 is 5.97 Å². The molecule has 0 spiro atoms. The molecule has 4 rings (SSSR count). The van der Waals surface area contributed by atoms with Crippen molar-refractivity contribution in [3.63, 3.8) is 0 Å².